The van der Waals surface area contributed by atoms with Crippen LogP contribution in [0, 0.1) is 0 Å². The summed E-state index contributed by atoms with van der Waals surface area (Å²) in [5, 5.41) is 16.3. The lowest BCUT2D eigenvalue weighted by atomic mass is 10.1. The van der Waals surface area contributed by atoms with Gasteiger partial charge in [0.2, 0.25) is 5.91 Å². The number of thioether (sulfide) groups is 1. The van der Waals surface area contributed by atoms with Crippen molar-refractivity contribution in [3.8, 4) is 0 Å². The van der Waals surface area contributed by atoms with Gasteiger partial charge in [-0.15, -0.1) is 0 Å². The molecule has 2 amide bonds. The molecule has 0 saturated carbocycles. The van der Waals surface area contributed by atoms with Crippen LogP contribution in [0.25, 0.3) is 0 Å². The van der Waals surface area contributed by atoms with Crippen molar-refractivity contribution in [2.75, 3.05) is 18.6 Å². The average Bonchev–Trinajstić information content (AvgIpc) is 2.69. The molecule has 0 saturated heterocycles. The molecule has 0 aliphatic rings. The lowest BCUT2D eigenvalue weighted by Crippen LogP contribution is -2.48. The Balaban J connectivity index is 2.01. The summed E-state index contributed by atoms with van der Waals surface area (Å²) in [5.41, 5.74) is 0.956. The minimum Gasteiger partial charge on any atom is -0.387 e. The highest BCUT2D eigenvalue weighted by molar-refractivity contribution is 7.98. The predicted octanol–water partition coefficient (Wildman–Crippen LogP) is 3.69. The highest BCUT2D eigenvalue weighted by Crippen LogP contribution is 2.21. The average molecular weight is 441 g/mol. The molecular weight excluding hydrogens is 419 g/mol. The highest BCUT2D eigenvalue weighted by Gasteiger charge is 2.23. The number of halogens is 2. The second-order valence-electron chi connectivity index (χ2n) is 6.10. The fourth-order valence-corrected chi connectivity index (χ4v) is 3.49. The molecule has 2 unspecified atom stereocenters. The molecule has 28 heavy (non-hydrogen) atoms. The van der Waals surface area contributed by atoms with Crippen molar-refractivity contribution in [2.24, 2.45) is 0 Å². The summed E-state index contributed by atoms with van der Waals surface area (Å²) >= 11 is 13.5. The zero-order chi connectivity index (χ0) is 20.5. The van der Waals surface area contributed by atoms with E-state index in [-0.39, 0.29) is 23.0 Å². The van der Waals surface area contributed by atoms with Gasteiger partial charge in [0.05, 0.1) is 16.7 Å². The van der Waals surface area contributed by atoms with E-state index >= 15 is 0 Å². The quantitative estimate of drug-likeness (QED) is 0.555. The molecule has 0 aliphatic carbocycles. The predicted molar refractivity (Wildman–Crippen MR) is 115 cm³/mol. The maximum atomic E-state index is 12.6. The lowest BCUT2D eigenvalue weighted by molar-refractivity contribution is -0.123. The Bertz CT molecular complexity index is 805. The van der Waals surface area contributed by atoms with Gasteiger partial charge < -0.3 is 15.7 Å². The van der Waals surface area contributed by atoms with Crippen molar-refractivity contribution in [1.82, 2.24) is 10.6 Å². The number of aliphatic hydroxyl groups is 1. The number of hydrogen-bond donors (Lipinski definition) is 3. The number of benzene rings is 2. The van der Waals surface area contributed by atoms with Gasteiger partial charge in [-0.3, -0.25) is 9.59 Å². The molecule has 150 valence electrons. The lowest BCUT2D eigenvalue weighted by Gasteiger charge is -2.20. The van der Waals surface area contributed by atoms with E-state index in [0.29, 0.717) is 22.8 Å². The van der Waals surface area contributed by atoms with E-state index in [1.165, 1.54) is 12.1 Å². The van der Waals surface area contributed by atoms with E-state index < -0.39 is 18.1 Å². The minimum atomic E-state index is -0.826. The van der Waals surface area contributed by atoms with Gasteiger partial charge in [0.15, 0.2) is 0 Å². The first-order valence-electron chi connectivity index (χ1n) is 8.68. The largest absolute Gasteiger partial charge is 0.387 e. The molecule has 0 heterocycles. The first kappa shape index (κ1) is 22.6. The topological polar surface area (TPSA) is 78.4 Å². The zero-order valence-corrected chi connectivity index (χ0v) is 17.7. The van der Waals surface area contributed by atoms with Crippen molar-refractivity contribution >= 4 is 46.8 Å². The first-order valence-corrected chi connectivity index (χ1v) is 10.8. The van der Waals surface area contributed by atoms with Crippen LogP contribution in [0.5, 0.6) is 0 Å². The van der Waals surface area contributed by atoms with Crippen molar-refractivity contribution < 1.29 is 14.7 Å². The molecule has 0 radical (unpaired) electrons. The monoisotopic (exact) mass is 440 g/mol. The minimum absolute atomic E-state index is 0.0518. The molecule has 2 atom stereocenters. The fourth-order valence-electron chi connectivity index (χ4n) is 2.53. The standard InChI is InChI=1S/C20H22Cl2N2O3S/c1-28-10-9-17(24-19(26)15-8-7-14(21)11-16(15)22)20(27)23-12-18(25)13-5-3-2-4-6-13/h2-8,11,17-18,25H,9-10,12H2,1H3,(H,23,27)(H,24,26). The fraction of sp³-hybridized carbons (Fsp3) is 0.300. The molecule has 5 nitrogen and oxygen atoms in total. The summed E-state index contributed by atoms with van der Waals surface area (Å²) in [5.74, 6) is -0.123. The second-order valence-corrected chi connectivity index (χ2v) is 7.93. The van der Waals surface area contributed by atoms with Crippen LogP contribution in [0.3, 0.4) is 0 Å². The SMILES string of the molecule is CSCCC(NC(=O)c1ccc(Cl)cc1Cl)C(=O)NCC(O)c1ccccc1. The molecule has 0 spiro atoms. The number of aliphatic hydroxyl groups excluding tert-OH is 1. The molecular formula is C20H22Cl2N2O3S. The Morgan fingerprint density at radius 2 is 1.86 bits per heavy atom. The number of amides is 2. The summed E-state index contributed by atoms with van der Waals surface area (Å²) < 4.78 is 0. The van der Waals surface area contributed by atoms with Gasteiger partial charge in [-0.1, -0.05) is 53.5 Å². The Morgan fingerprint density at radius 3 is 2.50 bits per heavy atom. The molecule has 3 N–H and O–H groups in total. The van der Waals surface area contributed by atoms with Gasteiger partial charge in [0, 0.05) is 11.6 Å². The van der Waals surface area contributed by atoms with Crippen LogP contribution < -0.4 is 10.6 Å². The van der Waals surface area contributed by atoms with Crippen LogP contribution in [-0.4, -0.2) is 41.5 Å². The van der Waals surface area contributed by atoms with Gasteiger partial charge in [-0.25, -0.2) is 0 Å². The van der Waals surface area contributed by atoms with Gasteiger partial charge in [-0.2, -0.15) is 11.8 Å². The third-order valence-corrected chi connectivity index (χ3v) is 5.25. The summed E-state index contributed by atoms with van der Waals surface area (Å²) in [6, 6.07) is 12.9. The Hall–Kier alpha value is -1.73. The van der Waals surface area contributed by atoms with Crippen molar-refractivity contribution in [1.29, 1.82) is 0 Å². The number of nitrogens with one attached hydrogen (secondary N) is 2. The Kier molecular flexibility index (Phi) is 9.12. The maximum Gasteiger partial charge on any atom is 0.253 e. The molecule has 0 fully saturated rings. The normalized spacial score (nSPS) is 12.9. The maximum absolute atomic E-state index is 12.6. The van der Waals surface area contributed by atoms with E-state index in [1.807, 2.05) is 24.5 Å². The summed E-state index contributed by atoms with van der Waals surface area (Å²) in [4.78, 5) is 25.1. The van der Waals surface area contributed by atoms with Crippen LogP contribution in [0.1, 0.15) is 28.4 Å². The first-order chi connectivity index (χ1) is 13.4. The van der Waals surface area contributed by atoms with E-state index in [2.05, 4.69) is 10.6 Å². The van der Waals surface area contributed by atoms with E-state index in [1.54, 1.807) is 30.0 Å². The Labute approximate surface area is 178 Å². The third kappa shape index (κ3) is 6.71. The van der Waals surface area contributed by atoms with Crippen molar-refractivity contribution in [3.63, 3.8) is 0 Å². The summed E-state index contributed by atoms with van der Waals surface area (Å²) in [7, 11) is 0. The zero-order valence-electron chi connectivity index (χ0n) is 15.3. The number of hydrogen-bond acceptors (Lipinski definition) is 4. The molecule has 0 aliphatic heterocycles. The molecule has 2 aromatic carbocycles. The molecule has 0 bridgehead atoms. The molecule has 0 aromatic heterocycles. The van der Waals surface area contributed by atoms with Gasteiger partial charge in [0.25, 0.3) is 5.91 Å². The van der Waals surface area contributed by atoms with Crippen LogP contribution in [0.2, 0.25) is 10.0 Å². The molecule has 8 heteroatoms. The third-order valence-electron chi connectivity index (χ3n) is 4.06. The second kappa shape index (κ2) is 11.3. The number of carbonyl (C=O) groups is 2. The van der Waals surface area contributed by atoms with E-state index in [9.17, 15) is 14.7 Å². The van der Waals surface area contributed by atoms with E-state index in [0.717, 1.165) is 0 Å². The van der Waals surface area contributed by atoms with Gasteiger partial charge in [0.1, 0.15) is 6.04 Å². The van der Waals surface area contributed by atoms with Crippen molar-refractivity contribution in [2.45, 2.75) is 18.6 Å². The van der Waals surface area contributed by atoms with Crippen LogP contribution >= 0.6 is 35.0 Å². The van der Waals surface area contributed by atoms with E-state index in [4.69, 9.17) is 23.2 Å². The summed E-state index contributed by atoms with van der Waals surface area (Å²) in [6.07, 6.45) is 1.55. The molecule has 2 aromatic rings. The van der Waals surface area contributed by atoms with Crippen LogP contribution in [0.15, 0.2) is 48.5 Å². The van der Waals surface area contributed by atoms with Crippen LogP contribution in [-0.2, 0) is 4.79 Å². The van der Waals surface area contributed by atoms with Crippen LogP contribution in [0.4, 0.5) is 0 Å². The number of carbonyl (C=O) groups excluding carboxylic acids is 2. The highest BCUT2D eigenvalue weighted by atomic mass is 35.5. The Morgan fingerprint density at radius 1 is 1.14 bits per heavy atom. The van der Waals surface area contributed by atoms with Gasteiger partial charge in [-0.05, 0) is 42.2 Å². The van der Waals surface area contributed by atoms with Gasteiger partial charge >= 0.3 is 0 Å². The summed E-state index contributed by atoms with van der Waals surface area (Å²) in [6.45, 7) is 0.0518. The molecule has 2 rings (SSSR count). The van der Waals surface area contributed by atoms with Crippen molar-refractivity contribution in [3.05, 3.63) is 69.7 Å². The smallest absolute Gasteiger partial charge is 0.253 e. The number of rotatable bonds is 9.